The highest BCUT2D eigenvalue weighted by Crippen LogP contribution is 2.49. The van der Waals surface area contributed by atoms with Crippen molar-refractivity contribution >= 4 is 17.0 Å². The van der Waals surface area contributed by atoms with E-state index in [1.807, 2.05) is 0 Å². The van der Waals surface area contributed by atoms with E-state index in [4.69, 9.17) is 0 Å². The van der Waals surface area contributed by atoms with E-state index in [1.54, 1.807) is 11.6 Å². The zero-order valence-corrected chi connectivity index (χ0v) is 14.4. The molecular weight excluding hydrogens is 347 g/mol. The molecule has 2 aromatic rings. The quantitative estimate of drug-likeness (QED) is 0.905. The molecule has 1 aliphatic heterocycles. The number of likely N-dealkylation sites (tertiary alicyclic amines) is 1. The third-order valence-corrected chi connectivity index (χ3v) is 6.03. The highest BCUT2D eigenvalue weighted by atomic mass is 19.4. The lowest BCUT2D eigenvalue weighted by Gasteiger charge is -2.23. The van der Waals surface area contributed by atoms with Crippen LogP contribution in [0.25, 0.3) is 11.0 Å². The number of carbonyl (C=O) groups is 1. The molecule has 5 nitrogen and oxygen atoms in total. The molecule has 26 heavy (non-hydrogen) atoms. The summed E-state index contributed by atoms with van der Waals surface area (Å²) in [6.45, 7) is 1.62. The Hall–Kier alpha value is -2.09. The minimum absolute atomic E-state index is 0.145. The van der Waals surface area contributed by atoms with Crippen molar-refractivity contribution in [2.24, 2.45) is 18.4 Å². The maximum absolute atomic E-state index is 12.9. The molecule has 1 N–H and O–H groups in total. The summed E-state index contributed by atoms with van der Waals surface area (Å²) in [7, 11) is 1.78. The van der Waals surface area contributed by atoms with Crippen LogP contribution in [0.15, 0.2) is 18.2 Å². The molecule has 1 aromatic carbocycles. The van der Waals surface area contributed by atoms with Crippen LogP contribution >= 0.6 is 0 Å². The largest absolute Gasteiger partial charge is 0.481 e. The molecule has 140 valence electrons. The van der Waals surface area contributed by atoms with E-state index in [0.29, 0.717) is 42.9 Å². The van der Waals surface area contributed by atoms with Crippen LogP contribution in [0.1, 0.15) is 30.7 Å². The molecule has 0 unspecified atom stereocenters. The lowest BCUT2D eigenvalue weighted by Crippen LogP contribution is -2.35. The molecular formula is C18H20F3N3O2. The Bertz CT molecular complexity index is 876. The summed E-state index contributed by atoms with van der Waals surface area (Å²) in [6, 6.07) is 3.57. The van der Waals surface area contributed by atoms with E-state index in [1.165, 1.54) is 6.07 Å². The van der Waals surface area contributed by atoms with Gasteiger partial charge in [-0.3, -0.25) is 9.69 Å². The van der Waals surface area contributed by atoms with Crippen molar-refractivity contribution in [2.75, 3.05) is 13.1 Å². The first-order chi connectivity index (χ1) is 12.2. The van der Waals surface area contributed by atoms with E-state index in [0.717, 1.165) is 25.0 Å². The lowest BCUT2D eigenvalue weighted by molar-refractivity contribution is -0.149. The van der Waals surface area contributed by atoms with Gasteiger partial charge in [-0.05, 0) is 37.0 Å². The van der Waals surface area contributed by atoms with Gasteiger partial charge in [-0.25, -0.2) is 4.98 Å². The standard InChI is InChI=1S/C18H20F3N3O2/c1-23-14-5-4-11(18(19,20)21)7-13(14)22-15(23)9-24-8-12-3-2-6-17(12,10-24)16(25)26/h4-5,7,12H,2-3,6,8-10H2,1H3,(H,25,26)/t12-,17+/m0/s1. The number of benzene rings is 1. The number of alkyl halides is 3. The topological polar surface area (TPSA) is 58.4 Å². The third-order valence-electron chi connectivity index (χ3n) is 6.03. The van der Waals surface area contributed by atoms with Crippen LogP contribution < -0.4 is 0 Å². The molecule has 1 aliphatic carbocycles. The maximum Gasteiger partial charge on any atom is 0.416 e. The fourth-order valence-electron chi connectivity index (χ4n) is 4.63. The molecule has 0 radical (unpaired) electrons. The minimum Gasteiger partial charge on any atom is -0.481 e. The number of aliphatic carboxylic acids is 1. The van der Waals surface area contributed by atoms with Gasteiger partial charge < -0.3 is 9.67 Å². The first-order valence-corrected chi connectivity index (χ1v) is 8.69. The van der Waals surface area contributed by atoms with Crippen LogP contribution in [-0.2, 0) is 24.6 Å². The number of hydrogen-bond donors (Lipinski definition) is 1. The molecule has 1 saturated heterocycles. The Morgan fingerprint density at radius 2 is 2.19 bits per heavy atom. The second-order valence-electron chi connectivity index (χ2n) is 7.51. The second kappa shape index (κ2) is 5.70. The molecule has 0 bridgehead atoms. The average Bonchev–Trinajstić information content (AvgIpc) is 3.18. The van der Waals surface area contributed by atoms with Gasteiger partial charge in [0, 0.05) is 20.1 Å². The number of carboxylic acid groups (broad SMARTS) is 1. The Labute approximate surface area is 148 Å². The third kappa shape index (κ3) is 2.58. The van der Waals surface area contributed by atoms with Crippen molar-refractivity contribution in [2.45, 2.75) is 32.0 Å². The summed E-state index contributed by atoms with van der Waals surface area (Å²) in [5.74, 6) is 0.0636. The summed E-state index contributed by atoms with van der Waals surface area (Å²) < 4.78 is 40.5. The van der Waals surface area contributed by atoms with Crippen molar-refractivity contribution < 1.29 is 23.1 Å². The van der Waals surface area contributed by atoms with E-state index in [2.05, 4.69) is 9.88 Å². The SMILES string of the molecule is Cn1c(CN2C[C@@H]3CCC[C@@]3(C(=O)O)C2)nc2cc(C(F)(F)F)ccc21. The normalized spacial score (nSPS) is 26.5. The Kier molecular flexibility index (Phi) is 3.80. The number of rotatable bonds is 3. The van der Waals surface area contributed by atoms with E-state index >= 15 is 0 Å². The van der Waals surface area contributed by atoms with Gasteiger partial charge in [0.05, 0.1) is 28.6 Å². The minimum atomic E-state index is -4.40. The van der Waals surface area contributed by atoms with Gasteiger partial charge in [0.25, 0.3) is 0 Å². The number of hydrogen-bond acceptors (Lipinski definition) is 3. The number of carboxylic acids is 1. The van der Waals surface area contributed by atoms with Gasteiger partial charge in [-0.2, -0.15) is 13.2 Å². The Morgan fingerprint density at radius 1 is 1.42 bits per heavy atom. The first kappa shape index (κ1) is 17.3. The van der Waals surface area contributed by atoms with Crippen LogP contribution in [0.3, 0.4) is 0 Å². The first-order valence-electron chi connectivity index (χ1n) is 8.69. The van der Waals surface area contributed by atoms with Gasteiger partial charge in [-0.15, -0.1) is 0 Å². The number of imidazole rings is 1. The van der Waals surface area contributed by atoms with Crippen molar-refractivity contribution in [3.63, 3.8) is 0 Å². The second-order valence-corrected chi connectivity index (χ2v) is 7.51. The molecule has 2 aliphatic rings. The number of aromatic nitrogens is 2. The summed E-state index contributed by atoms with van der Waals surface area (Å²) in [5.41, 5.74) is -0.436. The fraction of sp³-hybridized carbons (Fsp3) is 0.556. The van der Waals surface area contributed by atoms with Crippen LogP contribution in [-0.4, -0.2) is 38.6 Å². The lowest BCUT2D eigenvalue weighted by atomic mass is 9.81. The van der Waals surface area contributed by atoms with E-state index in [9.17, 15) is 23.1 Å². The van der Waals surface area contributed by atoms with E-state index < -0.39 is 23.1 Å². The summed E-state index contributed by atoms with van der Waals surface area (Å²) in [6.07, 6.45) is -1.84. The zero-order valence-electron chi connectivity index (χ0n) is 14.4. The number of nitrogens with zero attached hydrogens (tertiary/aromatic N) is 3. The molecule has 2 heterocycles. The highest BCUT2D eigenvalue weighted by molar-refractivity contribution is 5.77. The predicted molar refractivity (Wildman–Crippen MR) is 88.4 cm³/mol. The summed E-state index contributed by atoms with van der Waals surface area (Å²) >= 11 is 0. The molecule has 4 rings (SSSR count). The van der Waals surface area contributed by atoms with Crippen LogP contribution in [0, 0.1) is 11.3 Å². The van der Waals surface area contributed by atoms with Gasteiger partial charge in [-0.1, -0.05) is 6.42 Å². The van der Waals surface area contributed by atoms with Gasteiger partial charge in [0.2, 0.25) is 0 Å². The Balaban J connectivity index is 1.60. The number of aryl methyl sites for hydroxylation is 1. The summed E-state index contributed by atoms with van der Waals surface area (Å²) in [5, 5.41) is 9.68. The molecule has 1 aromatic heterocycles. The average molecular weight is 367 g/mol. The molecule has 0 amide bonds. The molecule has 1 saturated carbocycles. The molecule has 0 spiro atoms. The number of fused-ring (bicyclic) bond motifs is 2. The highest BCUT2D eigenvalue weighted by Gasteiger charge is 2.54. The van der Waals surface area contributed by atoms with Crippen LogP contribution in [0.4, 0.5) is 13.2 Å². The van der Waals surface area contributed by atoms with Crippen molar-refractivity contribution in [1.82, 2.24) is 14.5 Å². The Morgan fingerprint density at radius 3 is 2.85 bits per heavy atom. The summed E-state index contributed by atoms with van der Waals surface area (Å²) in [4.78, 5) is 18.2. The number of halogens is 3. The van der Waals surface area contributed by atoms with Gasteiger partial charge >= 0.3 is 12.1 Å². The predicted octanol–water partition coefficient (Wildman–Crippen LogP) is 3.28. The van der Waals surface area contributed by atoms with Crippen molar-refractivity contribution in [3.8, 4) is 0 Å². The van der Waals surface area contributed by atoms with Gasteiger partial charge in [0.15, 0.2) is 0 Å². The smallest absolute Gasteiger partial charge is 0.416 e. The zero-order chi connectivity index (χ0) is 18.7. The van der Waals surface area contributed by atoms with Gasteiger partial charge in [0.1, 0.15) is 5.82 Å². The van der Waals surface area contributed by atoms with Crippen molar-refractivity contribution in [3.05, 3.63) is 29.6 Å². The molecule has 2 atom stereocenters. The van der Waals surface area contributed by atoms with Crippen molar-refractivity contribution in [1.29, 1.82) is 0 Å². The maximum atomic E-state index is 12.9. The fourth-order valence-corrected chi connectivity index (χ4v) is 4.63. The monoisotopic (exact) mass is 367 g/mol. The van der Waals surface area contributed by atoms with Crippen LogP contribution in [0.5, 0.6) is 0 Å². The van der Waals surface area contributed by atoms with Crippen LogP contribution in [0.2, 0.25) is 0 Å². The molecule has 2 fully saturated rings. The van der Waals surface area contributed by atoms with E-state index in [-0.39, 0.29) is 5.92 Å². The molecule has 8 heteroatoms.